The molecule has 176 valence electrons. The summed E-state index contributed by atoms with van der Waals surface area (Å²) in [7, 11) is 3.09. The lowest BCUT2D eigenvalue weighted by Gasteiger charge is -2.14. The first-order chi connectivity index (χ1) is 14.8. The van der Waals surface area contributed by atoms with Crippen molar-refractivity contribution in [2.75, 3.05) is 39.2 Å². The van der Waals surface area contributed by atoms with Crippen molar-refractivity contribution in [1.82, 2.24) is 10.6 Å². The van der Waals surface area contributed by atoms with Crippen molar-refractivity contribution in [1.29, 1.82) is 0 Å². The van der Waals surface area contributed by atoms with E-state index in [0.29, 0.717) is 24.0 Å². The molecule has 2 aromatic rings. The average molecular weight is 566 g/mol. The number of ether oxygens (including phenoxy) is 2. The fourth-order valence-electron chi connectivity index (χ4n) is 2.61. The van der Waals surface area contributed by atoms with Crippen LogP contribution in [-0.2, 0) is 6.18 Å². The molecule has 0 unspecified atom stereocenters. The van der Waals surface area contributed by atoms with Gasteiger partial charge in [-0.1, -0.05) is 0 Å². The van der Waals surface area contributed by atoms with Crippen molar-refractivity contribution in [3.8, 4) is 11.5 Å². The van der Waals surface area contributed by atoms with Gasteiger partial charge >= 0.3 is 6.18 Å². The first-order valence-corrected chi connectivity index (χ1v) is 9.51. The molecule has 32 heavy (non-hydrogen) atoms. The molecule has 0 aliphatic heterocycles. The molecule has 0 heterocycles. The highest BCUT2D eigenvalue weighted by Crippen LogP contribution is 2.30. The Bertz CT molecular complexity index is 906. The zero-order valence-electron chi connectivity index (χ0n) is 17.9. The van der Waals surface area contributed by atoms with E-state index in [1.165, 1.54) is 0 Å². The number of aliphatic imine (C=N–C) groups is 1. The van der Waals surface area contributed by atoms with Gasteiger partial charge in [-0.25, -0.2) is 0 Å². The number of guanidine groups is 1. The summed E-state index contributed by atoms with van der Waals surface area (Å²) in [4.78, 5) is 16.5. The molecule has 2 rings (SSSR count). The standard InChI is InChI=1S/C21H25F3N4O3.HI/c1-4-25-20(28-16-9-10-17(30-2)18(13-16)31-3)27-12-11-26-19(29)14-5-7-15(8-6-14)21(22,23)24;/h5-10,13H,4,11-12H2,1-3H3,(H,26,29)(H2,25,27,28);1H. The van der Waals surface area contributed by atoms with Crippen LogP contribution in [0.15, 0.2) is 47.5 Å². The van der Waals surface area contributed by atoms with E-state index in [1.807, 2.05) is 6.92 Å². The maximum Gasteiger partial charge on any atom is 0.416 e. The zero-order chi connectivity index (χ0) is 22.9. The fraction of sp³-hybridized carbons (Fsp3) is 0.333. The molecule has 0 atom stereocenters. The number of anilines is 1. The van der Waals surface area contributed by atoms with Crippen molar-refractivity contribution >= 4 is 41.5 Å². The van der Waals surface area contributed by atoms with Gasteiger partial charge in [0.25, 0.3) is 5.91 Å². The molecule has 0 bridgehead atoms. The van der Waals surface area contributed by atoms with Crippen molar-refractivity contribution < 1.29 is 27.4 Å². The van der Waals surface area contributed by atoms with E-state index in [-0.39, 0.29) is 42.6 Å². The second-order valence-electron chi connectivity index (χ2n) is 6.29. The molecular formula is C21H26F3IN4O3. The van der Waals surface area contributed by atoms with Crippen LogP contribution in [0.5, 0.6) is 11.5 Å². The van der Waals surface area contributed by atoms with Gasteiger partial charge in [-0.05, 0) is 43.3 Å². The van der Waals surface area contributed by atoms with Crippen LogP contribution in [0.4, 0.5) is 18.9 Å². The topological polar surface area (TPSA) is 84.0 Å². The molecule has 0 spiro atoms. The van der Waals surface area contributed by atoms with E-state index < -0.39 is 17.6 Å². The molecule has 0 aromatic heterocycles. The molecular weight excluding hydrogens is 540 g/mol. The number of hydrogen-bond donors (Lipinski definition) is 3. The van der Waals surface area contributed by atoms with Crippen LogP contribution in [0.3, 0.4) is 0 Å². The Morgan fingerprint density at radius 3 is 2.22 bits per heavy atom. The minimum absolute atomic E-state index is 0. The van der Waals surface area contributed by atoms with Crippen LogP contribution in [0.1, 0.15) is 22.8 Å². The number of carbonyl (C=O) groups excluding carboxylic acids is 1. The zero-order valence-corrected chi connectivity index (χ0v) is 20.2. The number of alkyl halides is 3. The summed E-state index contributed by atoms with van der Waals surface area (Å²) in [5, 5.41) is 8.85. The van der Waals surface area contributed by atoms with E-state index in [9.17, 15) is 18.0 Å². The summed E-state index contributed by atoms with van der Waals surface area (Å²) in [6.45, 7) is 3.01. The summed E-state index contributed by atoms with van der Waals surface area (Å²) in [5.41, 5.74) is 0.0728. The number of nitrogens with one attached hydrogen (secondary N) is 3. The molecule has 7 nitrogen and oxygen atoms in total. The third-order valence-electron chi connectivity index (χ3n) is 4.13. The Hall–Kier alpha value is -2.70. The number of rotatable bonds is 8. The Kier molecular flexibility index (Phi) is 11.1. The van der Waals surface area contributed by atoms with Crippen molar-refractivity contribution in [3.05, 3.63) is 53.6 Å². The predicted molar refractivity (Wildman–Crippen MR) is 128 cm³/mol. The van der Waals surface area contributed by atoms with E-state index in [1.54, 1.807) is 32.4 Å². The monoisotopic (exact) mass is 566 g/mol. The molecule has 0 saturated heterocycles. The van der Waals surface area contributed by atoms with E-state index in [2.05, 4.69) is 20.9 Å². The van der Waals surface area contributed by atoms with E-state index in [0.717, 1.165) is 30.0 Å². The SMILES string of the molecule is CCNC(=NCCNC(=O)c1ccc(C(F)(F)F)cc1)Nc1ccc(OC)c(OC)c1.I. The quantitative estimate of drug-likeness (QED) is 0.194. The minimum Gasteiger partial charge on any atom is -0.493 e. The van der Waals surface area contributed by atoms with Crippen molar-refractivity contribution in [3.63, 3.8) is 0 Å². The second-order valence-corrected chi connectivity index (χ2v) is 6.29. The summed E-state index contributed by atoms with van der Waals surface area (Å²) < 4.78 is 48.3. The number of hydrogen-bond acceptors (Lipinski definition) is 4. The molecule has 0 saturated carbocycles. The summed E-state index contributed by atoms with van der Waals surface area (Å²) in [5.74, 6) is 1.19. The molecule has 11 heteroatoms. The van der Waals surface area contributed by atoms with Crippen LogP contribution in [-0.4, -0.2) is 45.7 Å². The van der Waals surface area contributed by atoms with Gasteiger partial charge in [0, 0.05) is 30.4 Å². The Labute approximate surface area is 201 Å². The lowest BCUT2D eigenvalue weighted by Crippen LogP contribution is -2.32. The molecule has 3 N–H and O–H groups in total. The lowest BCUT2D eigenvalue weighted by molar-refractivity contribution is -0.137. The van der Waals surface area contributed by atoms with Gasteiger partial charge < -0.3 is 25.4 Å². The predicted octanol–water partition coefficient (Wildman–Crippen LogP) is 4.15. The van der Waals surface area contributed by atoms with Crippen LogP contribution in [0.25, 0.3) is 0 Å². The molecule has 2 aromatic carbocycles. The Morgan fingerprint density at radius 2 is 1.66 bits per heavy atom. The minimum atomic E-state index is -4.44. The first-order valence-electron chi connectivity index (χ1n) is 9.51. The molecule has 0 radical (unpaired) electrons. The highest BCUT2D eigenvalue weighted by atomic mass is 127. The van der Waals surface area contributed by atoms with Gasteiger partial charge in [-0.15, -0.1) is 24.0 Å². The third-order valence-corrected chi connectivity index (χ3v) is 4.13. The van der Waals surface area contributed by atoms with Gasteiger partial charge in [0.1, 0.15) is 0 Å². The smallest absolute Gasteiger partial charge is 0.416 e. The van der Waals surface area contributed by atoms with Gasteiger partial charge in [0.15, 0.2) is 17.5 Å². The van der Waals surface area contributed by atoms with Crippen molar-refractivity contribution in [2.24, 2.45) is 4.99 Å². The maximum atomic E-state index is 12.6. The Balaban J connectivity index is 0.00000512. The highest BCUT2D eigenvalue weighted by molar-refractivity contribution is 14.0. The summed E-state index contributed by atoms with van der Waals surface area (Å²) in [6.07, 6.45) is -4.44. The van der Waals surface area contributed by atoms with Crippen LogP contribution < -0.4 is 25.4 Å². The highest BCUT2D eigenvalue weighted by Gasteiger charge is 2.30. The number of carbonyl (C=O) groups is 1. The number of methoxy groups -OCH3 is 2. The Morgan fingerprint density at radius 1 is 1.00 bits per heavy atom. The number of benzene rings is 2. The van der Waals surface area contributed by atoms with Crippen LogP contribution in [0, 0.1) is 0 Å². The molecule has 0 aliphatic rings. The third kappa shape index (κ3) is 8.09. The van der Waals surface area contributed by atoms with E-state index >= 15 is 0 Å². The van der Waals surface area contributed by atoms with E-state index in [4.69, 9.17) is 9.47 Å². The normalized spacial score (nSPS) is 11.2. The number of nitrogens with zero attached hydrogens (tertiary/aromatic N) is 1. The summed E-state index contributed by atoms with van der Waals surface area (Å²) in [6, 6.07) is 9.37. The second kappa shape index (κ2) is 13.0. The largest absolute Gasteiger partial charge is 0.493 e. The molecule has 1 amide bonds. The summed E-state index contributed by atoms with van der Waals surface area (Å²) >= 11 is 0. The van der Waals surface area contributed by atoms with Gasteiger partial charge in [0.05, 0.1) is 26.3 Å². The lowest BCUT2D eigenvalue weighted by atomic mass is 10.1. The maximum absolute atomic E-state index is 12.6. The molecule has 0 fully saturated rings. The molecule has 0 aliphatic carbocycles. The van der Waals surface area contributed by atoms with Gasteiger partial charge in [0.2, 0.25) is 0 Å². The van der Waals surface area contributed by atoms with Crippen LogP contribution in [0.2, 0.25) is 0 Å². The van der Waals surface area contributed by atoms with Crippen molar-refractivity contribution in [2.45, 2.75) is 13.1 Å². The fourth-order valence-corrected chi connectivity index (χ4v) is 2.61. The number of amides is 1. The first kappa shape index (κ1) is 27.3. The number of halogens is 4. The van der Waals surface area contributed by atoms with Crippen LogP contribution >= 0.6 is 24.0 Å². The van der Waals surface area contributed by atoms with Gasteiger partial charge in [-0.3, -0.25) is 9.79 Å². The van der Waals surface area contributed by atoms with Gasteiger partial charge in [-0.2, -0.15) is 13.2 Å². The average Bonchev–Trinajstić information content (AvgIpc) is 2.76.